The Morgan fingerprint density at radius 2 is 2.00 bits per heavy atom. The molecule has 2 amide bonds. The zero-order valence-electron chi connectivity index (χ0n) is 22.7. The van der Waals surface area contributed by atoms with Crippen molar-refractivity contribution < 1.29 is 14.3 Å². The molecule has 1 atom stereocenters. The topological polar surface area (TPSA) is 128 Å². The third-order valence-electron chi connectivity index (χ3n) is 6.99. The van der Waals surface area contributed by atoms with Crippen molar-refractivity contribution in [1.29, 1.82) is 0 Å². The minimum atomic E-state index is -0.245. The molecule has 3 N–H and O–H groups in total. The number of aromatic nitrogens is 4. The summed E-state index contributed by atoms with van der Waals surface area (Å²) in [4.78, 5) is 41.2. The number of nitrogen functional groups attached to an aromatic ring is 1. The number of methoxy groups -OCH3 is 1. The number of amides is 2. The van der Waals surface area contributed by atoms with Crippen LogP contribution in [0.3, 0.4) is 0 Å². The van der Waals surface area contributed by atoms with Crippen LogP contribution < -0.4 is 11.1 Å². The minimum Gasteiger partial charge on any atom is -0.382 e. The summed E-state index contributed by atoms with van der Waals surface area (Å²) in [5.41, 5.74) is 10.1. The zero-order chi connectivity index (χ0) is 28.1. The smallest absolute Gasteiger partial charge is 0.256 e. The summed E-state index contributed by atoms with van der Waals surface area (Å²) < 4.78 is 6.95. The number of anilines is 2. The second-order valence-corrected chi connectivity index (χ2v) is 9.73. The number of fused-ring (bicyclic) bond motifs is 1. The third-order valence-corrected chi connectivity index (χ3v) is 6.99. The number of benzene rings is 1. The molecule has 0 bridgehead atoms. The van der Waals surface area contributed by atoms with Crippen LogP contribution in [0.1, 0.15) is 54.0 Å². The van der Waals surface area contributed by atoms with E-state index in [4.69, 9.17) is 15.5 Å². The maximum Gasteiger partial charge on any atom is 0.256 e. The second-order valence-electron chi connectivity index (χ2n) is 9.73. The Bertz CT molecular complexity index is 1540. The Morgan fingerprint density at radius 3 is 2.77 bits per heavy atom. The molecule has 40 heavy (non-hydrogen) atoms. The van der Waals surface area contributed by atoms with Gasteiger partial charge in [0.2, 0.25) is 5.91 Å². The molecule has 1 aliphatic rings. The van der Waals surface area contributed by atoms with Crippen molar-refractivity contribution in [2.45, 2.75) is 38.6 Å². The molecular formula is C30H33N7O3. The van der Waals surface area contributed by atoms with Gasteiger partial charge in [-0.3, -0.25) is 14.0 Å². The van der Waals surface area contributed by atoms with Crippen LogP contribution in [0.15, 0.2) is 67.1 Å². The fourth-order valence-electron chi connectivity index (χ4n) is 5.12. The number of imidazole rings is 1. The number of hydrogen-bond acceptors (Lipinski definition) is 7. The van der Waals surface area contributed by atoms with E-state index in [-0.39, 0.29) is 17.9 Å². The number of ether oxygens (including phenoxy) is 1. The summed E-state index contributed by atoms with van der Waals surface area (Å²) in [6, 6.07) is 10.8. The molecular weight excluding hydrogens is 506 g/mol. The van der Waals surface area contributed by atoms with Crippen molar-refractivity contribution in [3.8, 4) is 11.3 Å². The summed E-state index contributed by atoms with van der Waals surface area (Å²) in [5, 5.41) is 2.88. The van der Waals surface area contributed by atoms with Crippen LogP contribution in [0.2, 0.25) is 0 Å². The van der Waals surface area contributed by atoms with Gasteiger partial charge in [0, 0.05) is 49.4 Å². The van der Waals surface area contributed by atoms with E-state index in [1.165, 1.54) is 0 Å². The Hall–Kier alpha value is -4.57. The third kappa shape index (κ3) is 5.57. The quantitative estimate of drug-likeness (QED) is 0.301. The summed E-state index contributed by atoms with van der Waals surface area (Å²) in [5.74, 6) is 1.27. The maximum absolute atomic E-state index is 12.9. The Balaban J connectivity index is 1.43. The molecule has 1 aliphatic heterocycles. The Morgan fingerprint density at radius 1 is 1.18 bits per heavy atom. The molecule has 0 radical (unpaired) electrons. The van der Waals surface area contributed by atoms with Gasteiger partial charge in [0.15, 0.2) is 0 Å². The number of nitrogens with zero attached hydrogens (tertiary/aromatic N) is 5. The fourth-order valence-corrected chi connectivity index (χ4v) is 5.12. The summed E-state index contributed by atoms with van der Waals surface area (Å²) >= 11 is 0. The molecule has 0 unspecified atom stereocenters. The van der Waals surface area contributed by atoms with Gasteiger partial charge in [0.25, 0.3) is 5.91 Å². The molecule has 3 aromatic heterocycles. The molecule has 0 aliphatic carbocycles. The van der Waals surface area contributed by atoms with Crippen LogP contribution in [-0.4, -0.2) is 56.3 Å². The molecule has 206 valence electrons. The van der Waals surface area contributed by atoms with E-state index in [1.54, 1.807) is 43.8 Å². The van der Waals surface area contributed by atoms with Crippen LogP contribution >= 0.6 is 0 Å². The molecule has 1 saturated heterocycles. The second kappa shape index (κ2) is 12.1. The van der Waals surface area contributed by atoms with E-state index in [0.29, 0.717) is 41.6 Å². The van der Waals surface area contributed by atoms with Gasteiger partial charge in [0.1, 0.15) is 28.7 Å². The summed E-state index contributed by atoms with van der Waals surface area (Å²) in [7, 11) is 1.59. The molecule has 4 heterocycles. The highest BCUT2D eigenvalue weighted by molar-refractivity contribution is 6.04. The van der Waals surface area contributed by atoms with Gasteiger partial charge in [-0.25, -0.2) is 15.0 Å². The molecule has 5 rings (SSSR count). The van der Waals surface area contributed by atoms with E-state index >= 15 is 0 Å². The Kier molecular flexibility index (Phi) is 8.16. The summed E-state index contributed by atoms with van der Waals surface area (Å²) in [6.07, 6.45) is 12.0. The average molecular weight is 540 g/mol. The first kappa shape index (κ1) is 27.0. The van der Waals surface area contributed by atoms with E-state index < -0.39 is 0 Å². The SMILES string of the molecule is CCCc1ccnc(NC(=O)c2ccc(-c3nc([C@@H]4CCCN4C(=O)/C=C/COC)n4ccnc(N)c34)cc2)c1. The number of pyridine rings is 1. The van der Waals surface area contributed by atoms with Gasteiger partial charge in [-0.15, -0.1) is 0 Å². The molecule has 1 fully saturated rings. The lowest BCUT2D eigenvalue weighted by Gasteiger charge is -2.22. The maximum atomic E-state index is 12.9. The molecule has 0 spiro atoms. The van der Waals surface area contributed by atoms with Crippen molar-refractivity contribution in [3.05, 3.63) is 84.1 Å². The predicted molar refractivity (Wildman–Crippen MR) is 154 cm³/mol. The van der Waals surface area contributed by atoms with Crippen LogP contribution in [0.4, 0.5) is 11.6 Å². The molecule has 4 aromatic rings. The minimum absolute atomic E-state index is 0.0787. The van der Waals surface area contributed by atoms with Crippen molar-refractivity contribution in [3.63, 3.8) is 0 Å². The standard InChI is InChI=1S/C30H33N7O3/c1-3-6-20-13-14-32-24(19-20)34-30(39)22-11-9-21(10-12-22)26-27-28(31)33-15-17-37(27)29(35-26)23-7-4-16-36(23)25(38)8-5-18-40-2/h5,8-15,17,19,23H,3-4,6-7,16,18H2,1-2H3,(H2,31,33)(H,32,34,39)/b8-5+/t23-/m0/s1. The van der Waals surface area contributed by atoms with E-state index in [2.05, 4.69) is 22.2 Å². The first-order chi connectivity index (χ1) is 19.5. The highest BCUT2D eigenvalue weighted by Gasteiger charge is 2.33. The van der Waals surface area contributed by atoms with Gasteiger partial charge < -0.3 is 20.7 Å². The normalized spacial score (nSPS) is 15.2. The largest absolute Gasteiger partial charge is 0.382 e. The van der Waals surface area contributed by atoms with Crippen LogP contribution in [0.25, 0.3) is 16.8 Å². The highest BCUT2D eigenvalue weighted by Crippen LogP contribution is 2.36. The monoisotopic (exact) mass is 539 g/mol. The predicted octanol–water partition coefficient (Wildman–Crippen LogP) is 4.44. The van der Waals surface area contributed by atoms with Crippen LogP contribution in [-0.2, 0) is 16.0 Å². The van der Waals surface area contributed by atoms with Crippen molar-refractivity contribution in [1.82, 2.24) is 24.3 Å². The number of nitrogens with one attached hydrogen (secondary N) is 1. The van der Waals surface area contributed by atoms with Gasteiger partial charge >= 0.3 is 0 Å². The first-order valence-electron chi connectivity index (χ1n) is 13.5. The van der Waals surface area contributed by atoms with Gasteiger partial charge in [0.05, 0.1) is 12.6 Å². The number of nitrogens with two attached hydrogens (primary N) is 1. The van der Waals surface area contributed by atoms with Gasteiger partial charge in [-0.1, -0.05) is 31.6 Å². The number of aryl methyl sites for hydroxylation is 1. The Labute approximate surface area is 232 Å². The van der Waals surface area contributed by atoms with E-state index in [9.17, 15) is 9.59 Å². The molecule has 10 nitrogen and oxygen atoms in total. The lowest BCUT2D eigenvalue weighted by molar-refractivity contribution is -0.127. The van der Waals surface area contributed by atoms with Crippen molar-refractivity contribution in [2.75, 3.05) is 31.3 Å². The summed E-state index contributed by atoms with van der Waals surface area (Å²) in [6.45, 7) is 3.13. The number of rotatable bonds is 9. The lowest BCUT2D eigenvalue weighted by Crippen LogP contribution is -2.30. The highest BCUT2D eigenvalue weighted by atomic mass is 16.5. The number of carbonyl (C=O) groups excluding carboxylic acids is 2. The van der Waals surface area contributed by atoms with E-state index in [0.717, 1.165) is 42.6 Å². The van der Waals surface area contributed by atoms with Crippen LogP contribution in [0, 0.1) is 0 Å². The van der Waals surface area contributed by atoms with Crippen molar-refractivity contribution in [2.24, 2.45) is 0 Å². The van der Waals surface area contributed by atoms with Gasteiger partial charge in [-0.05, 0) is 49.1 Å². The molecule has 1 aromatic carbocycles. The van der Waals surface area contributed by atoms with Gasteiger partial charge in [-0.2, -0.15) is 0 Å². The molecule has 10 heteroatoms. The first-order valence-corrected chi connectivity index (χ1v) is 13.5. The fraction of sp³-hybridized carbons (Fsp3) is 0.300. The molecule has 0 saturated carbocycles. The average Bonchev–Trinajstić information content (AvgIpc) is 3.59. The number of carbonyl (C=O) groups is 2. The number of likely N-dealkylation sites (tertiary alicyclic amines) is 1. The number of hydrogen-bond donors (Lipinski definition) is 2. The van der Waals surface area contributed by atoms with E-state index in [1.807, 2.05) is 39.8 Å². The lowest BCUT2D eigenvalue weighted by atomic mass is 10.1. The zero-order valence-corrected chi connectivity index (χ0v) is 22.7. The van der Waals surface area contributed by atoms with Crippen LogP contribution in [0.5, 0.6) is 0 Å². The van der Waals surface area contributed by atoms with Crippen molar-refractivity contribution >= 4 is 29.0 Å².